The maximum atomic E-state index is 10.9. The van der Waals surface area contributed by atoms with Gasteiger partial charge in [0.05, 0.1) is 10.7 Å². The van der Waals surface area contributed by atoms with Crippen molar-refractivity contribution in [2.75, 3.05) is 0 Å². The smallest absolute Gasteiger partial charge is 0.347 e. The second-order valence-corrected chi connectivity index (χ2v) is 5.26. The molecule has 0 amide bonds. The predicted molar refractivity (Wildman–Crippen MR) is 72.4 cm³/mol. The fourth-order valence-corrected chi connectivity index (χ4v) is 2.73. The summed E-state index contributed by atoms with van der Waals surface area (Å²) < 4.78 is 0. The summed E-state index contributed by atoms with van der Waals surface area (Å²) in [5.41, 5.74) is 3.07. The summed E-state index contributed by atoms with van der Waals surface area (Å²) in [6, 6.07) is 8.37. The number of aryl methyl sites for hydroxylation is 2. The van der Waals surface area contributed by atoms with Crippen molar-refractivity contribution in [3.63, 3.8) is 0 Å². The van der Waals surface area contributed by atoms with Crippen molar-refractivity contribution in [2.45, 2.75) is 26.7 Å². The molecule has 18 heavy (non-hydrogen) atoms. The Morgan fingerprint density at radius 3 is 2.39 bits per heavy atom. The number of nitrogens with zero attached hydrogens (tertiary/aromatic N) is 1. The lowest BCUT2D eigenvalue weighted by Crippen LogP contribution is -1.94. The van der Waals surface area contributed by atoms with E-state index in [-0.39, 0.29) is 0 Å². The molecule has 1 N–H and O–H groups in total. The maximum absolute atomic E-state index is 10.9. The first kappa shape index (κ1) is 12.8. The van der Waals surface area contributed by atoms with Crippen LogP contribution < -0.4 is 0 Å². The highest BCUT2D eigenvalue weighted by Gasteiger charge is 2.13. The lowest BCUT2D eigenvalue weighted by molar-refractivity contribution is 0.0701. The Kier molecular flexibility index (Phi) is 3.77. The SMILES string of the molecule is CCc1ccc(Cc2nc(C)c(C(=O)O)s2)cc1. The number of hydrogen-bond donors (Lipinski definition) is 1. The van der Waals surface area contributed by atoms with E-state index < -0.39 is 5.97 Å². The predicted octanol–water partition coefficient (Wildman–Crippen LogP) is 3.30. The second kappa shape index (κ2) is 5.31. The summed E-state index contributed by atoms with van der Waals surface area (Å²) in [6.07, 6.45) is 1.72. The van der Waals surface area contributed by atoms with Crippen molar-refractivity contribution in [2.24, 2.45) is 0 Å². The summed E-state index contributed by atoms with van der Waals surface area (Å²) in [5.74, 6) is -0.891. The van der Waals surface area contributed by atoms with Crippen molar-refractivity contribution in [1.29, 1.82) is 0 Å². The van der Waals surface area contributed by atoms with Gasteiger partial charge in [0.1, 0.15) is 4.88 Å². The normalized spacial score (nSPS) is 10.6. The van der Waals surface area contributed by atoms with Gasteiger partial charge in [-0.1, -0.05) is 31.2 Å². The number of hydrogen-bond acceptors (Lipinski definition) is 3. The molecule has 0 radical (unpaired) electrons. The number of carbonyl (C=O) groups is 1. The Hall–Kier alpha value is -1.68. The number of rotatable bonds is 4. The van der Waals surface area contributed by atoms with Crippen LogP contribution in [-0.2, 0) is 12.8 Å². The Bertz CT molecular complexity index is 558. The first-order valence-corrected chi connectivity index (χ1v) is 6.69. The quantitative estimate of drug-likeness (QED) is 0.918. The molecule has 2 aromatic rings. The first-order valence-electron chi connectivity index (χ1n) is 5.87. The molecule has 0 fully saturated rings. The molecule has 0 unspecified atom stereocenters. The highest BCUT2D eigenvalue weighted by Crippen LogP contribution is 2.21. The van der Waals surface area contributed by atoms with Crippen molar-refractivity contribution in [3.8, 4) is 0 Å². The van der Waals surface area contributed by atoms with Gasteiger partial charge in [-0.3, -0.25) is 0 Å². The highest BCUT2D eigenvalue weighted by molar-refractivity contribution is 7.13. The van der Waals surface area contributed by atoms with E-state index >= 15 is 0 Å². The number of carboxylic acid groups (broad SMARTS) is 1. The van der Waals surface area contributed by atoms with Gasteiger partial charge >= 0.3 is 5.97 Å². The van der Waals surface area contributed by atoms with Gasteiger partial charge < -0.3 is 5.11 Å². The minimum Gasteiger partial charge on any atom is -0.477 e. The van der Waals surface area contributed by atoms with Crippen LogP contribution in [0.15, 0.2) is 24.3 Å². The highest BCUT2D eigenvalue weighted by atomic mass is 32.1. The van der Waals surface area contributed by atoms with E-state index in [2.05, 4.69) is 36.2 Å². The van der Waals surface area contributed by atoms with Crippen LogP contribution in [0.3, 0.4) is 0 Å². The molecule has 0 saturated carbocycles. The summed E-state index contributed by atoms with van der Waals surface area (Å²) in [6.45, 7) is 3.86. The van der Waals surface area contributed by atoms with E-state index in [0.717, 1.165) is 17.0 Å². The first-order chi connectivity index (χ1) is 8.60. The van der Waals surface area contributed by atoms with Gasteiger partial charge in [0.25, 0.3) is 0 Å². The Morgan fingerprint density at radius 2 is 1.89 bits per heavy atom. The van der Waals surface area contributed by atoms with E-state index in [4.69, 9.17) is 5.11 Å². The molecule has 0 atom stereocenters. The fourth-order valence-electron chi connectivity index (χ4n) is 1.79. The van der Waals surface area contributed by atoms with E-state index in [1.165, 1.54) is 16.9 Å². The van der Waals surface area contributed by atoms with Gasteiger partial charge in [0, 0.05) is 6.42 Å². The second-order valence-electron chi connectivity index (χ2n) is 4.17. The molecule has 3 nitrogen and oxygen atoms in total. The van der Waals surface area contributed by atoms with E-state index in [1.54, 1.807) is 6.92 Å². The molecule has 0 aliphatic carbocycles. The summed E-state index contributed by atoms with van der Waals surface area (Å²) in [4.78, 5) is 15.6. The lowest BCUT2D eigenvalue weighted by atomic mass is 10.1. The van der Waals surface area contributed by atoms with Crippen LogP contribution in [0.2, 0.25) is 0 Å². The Balaban J connectivity index is 2.18. The molecule has 4 heteroatoms. The van der Waals surface area contributed by atoms with Crippen molar-refractivity contribution in [1.82, 2.24) is 4.98 Å². The Morgan fingerprint density at radius 1 is 1.28 bits per heavy atom. The zero-order chi connectivity index (χ0) is 13.1. The molecule has 1 aromatic carbocycles. The zero-order valence-electron chi connectivity index (χ0n) is 10.4. The van der Waals surface area contributed by atoms with Gasteiger partial charge in [0.15, 0.2) is 0 Å². The van der Waals surface area contributed by atoms with E-state index in [9.17, 15) is 4.79 Å². The van der Waals surface area contributed by atoms with Crippen molar-refractivity contribution in [3.05, 3.63) is 51.0 Å². The van der Waals surface area contributed by atoms with Gasteiger partial charge in [-0.25, -0.2) is 9.78 Å². The van der Waals surface area contributed by atoms with E-state index in [1.807, 2.05) is 0 Å². The van der Waals surface area contributed by atoms with Crippen LogP contribution in [0, 0.1) is 6.92 Å². The van der Waals surface area contributed by atoms with Crippen LogP contribution in [-0.4, -0.2) is 16.1 Å². The summed E-state index contributed by atoms with van der Waals surface area (Å²) in [5, 5.41) is 9.84. The molecule has 94 valence electrons. The van der Waals surface area contributed by atoms with Crippen LogP contribution in [0.1, 0.15) is 38.4 Å². The molecule has 1 aromatic heterocycles. The molecular formula is C14H15NO2S. The maximum Gasteiger partial charge on any atom is 0.347 e. The van der Waals surface area contributed by atoms with Crippen molar-refractivity contribution >= 4 is 17.3 Å². The zero-order valence-corrected chi connectivity index (χ0v) is 11.3. The minimum atomic E-state index is -0.891. The number of thiazole rings is 1. The van der Waals surface area contributed by atoms with Crippen LogP contribution in [0.25, 0.3) is 0 Å². The molecule has 0 aliphatic heterocycles. The third kappa shape index (κ3) is 2.76. The molecule has 0 bridgehead atoms. The topological polar surface area (TPSA) is 50.2 Å². The van der Waals surface area contributed by atoms with Gasteiger partial charge in [-0.15, -0.1) is 11.3 Å². The molecule has 2 rings (SSSR count). The van der Waals surface area contributed by atoms with Crippen LogP contribution in [0.5, 0.6) is 0 Å². The number of aromatic nitrogens is 1. The average Bonchev–Trinajstić information content (AvgIpc) is 2.71. The minimum absolute atomic E-state index is 0.343. The lowest BCUT2D eigenvalue weighted by Gasteiger charge is -2.00. The molecule has 1 heterocycles. The monoisotopic (exact) mass is 261 g/mol. The molecule has 0 aliphatic rings. The van der Waals surface area contributed by atoms with Gasteiger partial charge in [-0.05, 0) is 24.5 Å². The fraction of sp³-hybridized carbons (Fsp3) is 0.286. The van der Waals surface area contributed by atoms with Gasteiger partial charge in [0.2, 0.25) is 0 Å². The molecule has 0 spiro atoms. The number of benzene rings is 1. The van der Waals surface area contributed by atoms with Gasteiger partial charge in [-0.2, -0.15) is 0 Å². The largest absolute Gasteiger partial charge is 0.477 e. The van der Waals surface area contributed by atoms with Crippen molar-refractivity contribution < 1.29 is 9.90 Å². The Labute approximate surface area is 110 Å². The number of aromatic carboxylic acids is 1. The summed E-state index contributed by atoms with van der Waals surface area (Å²) >= 11 is 1.26. The third-order valence-corrected chi connectivity index (χ3v) is 3.97. The average molecular weight is 261 g/mol. The number of carboxylic acids is 1. The van der Waals surface area contributed by atoms with Crippen LogP contribution >= 0.6 is 11.3 Å². The molecular weight excluding hydrogens is 246 g/mol. The van der Waals surface area contributed by atoms with Crippen LogP contribution in [0.4, 0.5) is 0 Å². The summed E-state index contributed by atoms with van der Waals surface area (Å²) in [7, 11) is 0. The third-order valence-electron chi connectivity index (χ3n) is 2.82. The standard InChI is InChI=1S/C14H15NO2S/c1-3-10-4-6-11(7-5-10)8-12-15-9(2)13(18-12)14(16)17/h4-7H,3,8H2,1-2H3,(H,16,17). The molecule has 0 saturated heterocycles. The van der Waals surface area contributed by atoms with E-state index in [0.29, 0.717) is 17.0 Å².